The van der Waals surface area contributed by atoms with Crippen molar-refractivity contribution in [3.63, 3.8) is 0 Å². The lowest BCUT2D eigenvalue weighted by Crippen LogP contribution is -1.91. The summed E-state index contributed by atoms with van der Waals surface area (Å²) in [5.41, 5.74) is 0. The number of rotatable bonds is 6. The van der Waals surface area contributed by atoms with Crippen LogP contribution in [0.5, 0.6) is 0 Å². The second-order valence-electron chi connectivity index (χ2n) is 1.63. The van der Waals surface area contributed by atoms with Gasteiger partial charge in [-0.1, -0.05) is 0 Å². The number of hydrogen-bond donors (Lipinski definition) is 0. The molecule has 2 nitrogen and oxygen atoms in total. The Bertz CT molecular complexity index is 66.1. The van der Waals surface area contributed by atoms with Gasteiger partial charge in [0.2, 0.25) is 0 Å². The van der Waals surface area contributed by atoms with Crippen LogP contribution in [0.3, 0.4) is 0 Å². The molecule has 0 aromatic heterocycles. The molecule has 0 bridgehead atoms. The highest BCUT2D eigenvalue weighted by Crippen LogP contribution is 1.98. The van der Waals surface area contributed by atoms with Gasteiger partial charge < -0.3 is 4.74 Å². The molecule has 0 aliphatic heterocycles. The molecule has 53 valence electrons. The van der Waals surface area contributed by atoms with E-state index in [-0.39, 0.29) is 0 Å². The van der Waals surface area contributed by atoms with Gasteiger partial charge in [0.25, 0.3) is 0 Å². The zero-order valence-electron chi connectivity index (χ0n) is 5.55. The third-order valence-corrected chi connectivity index (χ3v) is 1.60. The molecule has 0 saturated carbocycles. The lowest BCUT2D eigenvalue weighted by atomic mass is 10.4. The largest absolute Gasteiger partial charge is 0.457 e. The average molecular weight is 147 g/mol. The quantitative estimate of drug-likeness (QED) is 0.528. The Morgan fingerprint density at radius 1 is 1.56 bits per heavy atom. The first-order valence-corrected chi connectivity index (χ1v) is 4.29. The first kappa shape index (κ1) is 8.82. The van der Waals surface area contributed by atoms with Crippen LogP contribution >= 0.6 is 11.8 Å². The Morgan fingerprint density at radius 2 is 2.33 bits per heavy atom. The summed E-state index contributed by atoms with van der Waals surface area (Å²) in [4.78, 5) is 9.49. The van der Waals surface area contributed by atoms with E-state index in [2.05, 4.69) is 11.0 Å². The monoisotopic (exact) mass is 147 g/mol. The van der Waals surface area contributed by atoms with Gasteiger partial charge in [-0.3, -0.25) is 0 Å². The first-order chi connectivity index (χ1) is 4.41. The Labute approximate surface area is 60.0 Å². The van der Waals surface area contributed by atoms with Gasteiger partial charge in [0.1, 0.15) is 0 Å². The molecule has 0 aliphatic carbocycles. The Balaban J connectivity index is 2.66. The SMILES string of the molecule is CSCCCCO[C]=O. The van der Waals surface area contributed by atoms with Crippen molar-refractivity contribution in [2.24, 2.45) is 0 Å². The summed E-state index contributed by atoms with van der Waals surface area (Å²) in [5, 5.41) is 0. The van der Waals surface area contributed by atoms with E-state index in [1.165, 1.54) is 6.47 Å². The molecule has 0 rings (SSSR count). The molecule has 9 heavy (non-hydrogen) atoms. The summed E-state index contributed by atoms with van der Waals surface area (Å²) >= 11 is 1.81. The minimum atomic E-state index is 0.518. The predicted molar refractivity (Wildman–Crippen MR) is 39.3 cm³/mol. The second kappa shape index (κ2) is 7.82. The standard InChI is InChI=1S/C6H11O2S/c1-9-5-3-2-4-8-6-7/h2-5H2,1H3. The highest BCUT2D eigenvalue weighted by atomic mass is 32.2. The molecule has 0 heterocycles. The Kier molecular flexibility index (Phi) is 7.66. The molecule has 3 heteroatoms. The van der Waals surface area contributed by atoms with E-state index in [0.717, 1.165) is 18.6 Å². The number of carbonyl (C=O) groups excluding carboxylic acids is 1. The number of hydrogen-bond acceptors (Lipinski definition) is 3. The van der Waals surface area contributed by atoms with Crippen molar-refractivity contribution < 1.29 is 9.53 Å². The smallest absolute Gasteiger partial charge is 0.417 e. The summed E-state index contributed by atoms with van der Waals surface area (Å²) in [6.07, 6.45) is 4.13. The van der Waals surface area contributed by atoms with E-state index >= 15 is 0 Å². The van der Waals surface area contributed by atoms with E-state index in [0.29, 0.717) is 6.61 Å². The fourth-order valence-electron chi connectivity index (χ4n) is 0.462. The maximum atomic E-state index is 9.49. The Hall–Kier alpha value is -0.180. The predicted octanol–water partition coefficient (Wildman–Crippen LogP) is 1.21. The fourth-order valence-corrected chi connectivity index (χ4v) is 0.955. The van der Waals surface area contributed by atoms with E-state index in [1.54, 1.807) is 11.8 Å². The third kappa shape index (κ3) is 7.82. The molecular weight excluding hydrogens is 136 g/mol. The van der Waals surface area contributed by atoms with Gasteiger partial charge >= 0.3 is 6.47 Å². The van der Waals surface area contributed by atoms with Gasteiger partial charge in [0, 0.05) is 0 Å². The molecule has 0 aromatic rings. The van der Waals surface area contributed by atoms with Crippen molar-refractivity contribution in [1.82, 2.24) is 0 Å². The second-order valence-corrected chi connectivity index (χ2v) is 2.62. The van der Waals surface area contributed by atoms with Crippen LogP contribution in [0.15, 0.2) is 0 Å². The Morgan fingerprint density at radius 3 is 2.89 bits per heavy atom. The lowest BCUT2D eigenvalue weighted by Gasteiger charge is -1.94. The molecule has 0 N–H and O–H groups in total. The molecule has 0 fully saturated rings. The highest BCUT2D eigenvalue weighted by Gasteiger charge is 1.86. The van der Waals surface area contributed by atoms with Gasteiger partial charge in [-0.2, -0.15) is 11.8 Å². The first-order valence-electron chi connectivity index (χ1n) is 2.89. The minimum Gasteiger partial charge on any atom is -0.457 e. The zero-order valence-corrected chi connectivity index (χ0v) is 6.37. The van der Waals surface area contributed by atoms with E-state index in [9.17, 15) is 4.79 Å². The molecule has 0 atom stereocenters. The number of unbranched alkanes of at least 4 members (excludes halogenated alkanes) is 1. The van der Waals surface area contributed by atoms with Gasteiger partial charge in [0.05, 0.1) is 6.61 Å². The number of ether oxygens (including phenoxy) is 1. The maximum absolute atomic E-state index is 9.49. The fraction of sp³-hybridized carbons (Fsp3) is 0.833. The molecule has 0 aliphatic rings. The van der Waals surface area contributed by atoms with Crippen molar-refractivity contribution >= 4 is 18.2 Å². The van der Waals surface area contributed by atoms with Crippen molar-refractivity contribution in [2.75, 3.05) is 18.6 Å². The van der Waals surface area contributed by atoms with Crippen LogP contribution in [-0.4, -0.2) is 25.1 Å². The minimum absolute atomic E-state index is 0.518. The molecule has 0 spiro atoms. The molecule has 0 unspecified atom stereocenters. The van der Waals surface area contributed by atoms with E-state index in [1.807, 2.05) is 0 Å². The van der Waals surface area contributed by atoms with Gasteiger partial charge in [-0.25, -0.2) is 4.79 Å². The molecule has 0 aromatic carbocycles. The molecule has 0 amide bonds. The molecular formula is C6H11O2S. The van der Waals surface area contributed by atoms with Crippen LogP contribution in [0, 0.1) is 0 Å². The van der Waals surface area contributed by atoms with Crippen molar-refractivity contribution in [2.45, 2.75) is 12.8 Å². The van der Waals surface area contributed by atoms with Gasteiger partial charge in [-0.15, -0.1) is 0 Å². The average Bonchev–Trinajstić information content (AvgIpc) is 1.89. The van der Waals surface area contributed by atoms with Gasteiger partial charge in [0.15, 0.2) is 0 Å². The van der Waals surface area contributed by atoms with E-state index < -0.39 is 0 Å². The van der Waals surface area contributed by atoms with Crippen molar-refractivity contribution in [1.29, 1.82) is 0 Å². The zero-order chi connectivity index (χ0) is 6.95. The van der Waals surface area contributed by atoms with E-state index in [4.69, 9.17) is 0 Å². The van der Waals surface area contributed by atoms with Crippen LogP contribution in [0.2, 0.25) is 0 Å². The highest BCUT2D eigenvalue weighted by molar-refractivity contribution is 7.98. The van der Waals surface area contributed by atoms with Crippen LogP contribution in [0.1, 0.15) is 12.8 Å². The topological polar surface area (TPSA) is 26.3 Å². The molecule has 1 radical (unpaired) electrons. The summed E-state index contributed by atoms with van der Waals surface area (Å²) in [6, 6.07) is 0. The summed E-state index contributed by atoms with van der Waals surface area (Å²) in [6.45, 7) is 1.91. The van der Waals surface area contributed by atoms with Crippen LogP contribution < -0.4 is 0 Å². The lowest BCUT2D eigenvalue weighted by molar-refractivity contribution is 0.272. The maximum Gasteiger partial charge on any atom is 0.417 e. The van der Waals surface area contributed by atoms with Gasteiger partial charge in [-0.05, 0) is 24.9 Å². The van der Waals surface area contributed by atoms with Crippen LogP contribution in [-0.2, 0) is 9.53 Å². The summed E-state index contributed by atoms with van der Waals surface area (Å²) in [7, 11) is 0. The van der Waals surface area contributed by atoms with Crippen LogP contribution in [0.4, 0.5) is 0 Å². The normalized spacial score (nSPS) is 9.00. The number of thioether (sulfide) groups is 1. The van der Waals surface area contributed by atoms with Crippen LogP contribution in [0.25, 0.3) is 0 Å². The third-order valence-electron chi connectivity index (χ3n) is 0.904. The summed E-state index contributed by atoms with van der Waals surface area (Å²) < 4.78 is 4.37. The molecule has 0 saturated heterocycles. The van der Waals surface area contributed by atoms with Crippen molar-refractivity contribution in [3.8, 4) is 0 Å². The summed E-state index contributed by atoms with van der Waals surface area (Å²) in [5.74, 6) is 1.14. The van der Waals surface area contributed by atoms with Crippen molar-refractivity contribution in [3.05, 3.63) is 0 Å².